The predicted molar refractivity (Wildman–Crippen MR) is 93.3 cm³/mol. The highest BCUT2D eigenvalue weighted by Gasteiger charge is 2.11. The van der Waals surface area contributed by atoms with Crippen LogP contribution in [0.15, 0.2) is 71.3 Å². The number of hydrogen-bond acceptors (Lipinski definition) is 3. The molecular formula is C20H20N2O2. The molecule has 0 radical (unpaired) electrons. The van der Waals surface area contributed by atoms with Gasteiger partial charge in [-0.15, -0.1) is 0 Å². The highest BCUT2D eigenvalue weighted by molar-refractivity contribution is 5.76. The van der Waals surface area contributed by atoms with Crippen molar-refractivity contribution in [1.29, 1.82) is 0 Å². The van der Waals surface area contributed by atoms with Crippen molar-refractivity contribution in [3.8, 4) is 11.3 Å². The third-order valence-corrected chi connectivity index (χ3v) is 3.85. The number of carbonyl (C=O) groups is 1. The molecular weight excluding hydrogens is 300 g/mol. The smallest absolute Gasteiger partial charge is 0.220 e. The fourth-order valence-corrected chi connectivity index (χ4v) is 2.52. The summed E-state index contributed by atoms with van der Waals surface area (Å²) in [5.74, 6) is 1.30. The van der Waals surface area contributed by atoms with Crippen LogP contribution in [-0.2, 0) is 11.2 Å². The Hall–Kier alpha value is -2.88. The fourth-order valence-electron chi connectivity index (χ4n) is 2.52. The lowest BCUT2D eigenvalue weighted by atomic mass is 10.1. The van der Waals surface area contributed by atoms with E-state index in [0.29, 0.717) is 18.7 Å². The Labute approximate surface area is 141 Å². The van der Waals surface area contributed by atoms with E-state index in [1.807, 2.05) is 67.6 Å². The summed E-state index contributed by atoms with van der Waals surface area (Å²) in [6, 6.07) is 19.7. The Morgan fingerprint density at radius 2 is 1.75 bits per heavy atom. The quantitative estimate of drug-likeness (QED) is 0.742. The third kappa shape index (κ3) is 4.10. The Kier molecular flexibility index (Phi) is 5.06. The van der Waals surface area contributed by atoms with Gasteiger partial charge in [-0.2, -0.15) is 0 Å². The molecule has 1 aromatic heterocycles. The first-order valence-electron chi connectivity index (χ1n) is 8.07. The Morgan fingerprint density at radius 3 is 2.46 bits per heavy atom. The van der Waals surface area contributed by atoms with Gasteiger partial charge in [0.1, 0.15) is 0 Å². The van der Waals surface area contributed by atoms with Crippen molar-refractivity contribution in [2.45, 2.75) is 25.8 Å². The number of nitrogens with zero attached hydrogens (tertiary/aromatic N) is 1. The second-order valence-electron chi connectivity index (χ2n) is 5.68. The van der Waals surface area contributed by atoms with Crippen LogP contribution in [0.1, 0.15) is 30.8 Å². The maximum atomic E-state index is 12.1. The van der Waals surface area contributed by atoms with E-state index < -0.39 is 0 Å². The molecule has 0 spiro atoms. The minimum Gasteiger partial charge on any atom is -0.441 e. The van der Waals surface area contributed by atoms with Crippen molar-refractivity contribution >= 4 is 5.91 Å². The summed E-state index contributed by atoms with van der Waals surface area (Å²) in [5.41, 5.74) is 2.08. The van der Waals surface area contributed by atoms with E-state index in [4.69, 9.17) is 4.42 Å². The largest absolute Gasteiger partial charge is 0.441 e. The highest BCUT2D eigenvalue weighted by atomic mass is 16.4. The van der Waals surface area contributed by atoms with Gasteiger partial charge < -0.3 is 9.73 Å². The van der Waals surface area contributed by atoms with Crippen LogP contribution in [0.2, 0.25) is 0 Å². The molecule has 0 aliphatic heterocycles. The monoisotopic (exact) mass is 320 g/mol. The third-order valence-electron chi connectivity index (χ3n) is 3.85. The molecule has 0 fully saturated rings. The molecule has 24 heavy (non-hydrogen) atoms. The van der Waals surface area contributed by atoms with Crippen molar-refractivity contribution in [3.05, 3.63) is 78.3 Å². The second kappa shape index (κ2) is 7.59. The average molecular weight is 320 g/mol. The zero-order valence-corrected chi connectivity index (χ0v) is 13.6. The lowest BCUT2D eigenvalue weighted by molar-refractivity contribution is -0.121. The van der Waals surface area contributed by atoms with Gasteiger partial charge >= 0.3 is 0 Å². The Bertz CT molecular complexity index is 782. The van der Waals surface area contributed by atoms with Gasteiger partial charge in [-0.1, -0.05) is 60.7 Å². The Balaban J connectivity index is 1.53. The van der Waals surface area contributed by atoms with Crippen molar-refractivity contribution in [1.82, 2.24) is 10.3 Å². The second-order valence-corrected chi connectivity index (χ2v) is 5.68. The van der Waals surface area contributed by atoms with Crippen LogP contribution in [0.5, 0.6) is 0 Å². The van der Waals surface area contributed by atoms with Crippen LogP contribution < -0.4 is 5.32 Å². The van der Waals surface area contributed by atoms with Gasteiger partial charge in [0.2, 0.25) is 5.91 Å². The van der Waals surface area contributed by atoms with Crippen molar-refractivity contribution < 1.29 is 9.21 Å². The number of aromatic nitrogens is 1. The number of aryl methyl sites for hydroxylation is 1. The lowest BCUT2D eigenvalue weighted by Gasteiger charge is -2.13. The zero-order valence-electron chi connectivity index (χ0n) is 13.6. The first kappa shape index (κ1) is 16.0. The van der Waals surface area contributed by atoms with Gasteiger partial charge in [0.25, 0.3) is 0 Å². The minimum atomic E-state index is -0.0110. The summed E-state index contributed by atoms with van der Waals surface area (Å²) in [5, 5.41) is 3.00. The normalized spacial score (nSPS) is 11.9. The molecule has 3 aromatic rings. The van der Waals surface area contributed by atoms with Gasteiger partial charge in [0.05, 0.1) is 12.2 Å². The number of oxazole rings is 1. The van der Waals surface area contributed by atoms with Crippen LogP contribution in [-0.4, -0.2) is 10.9 Å². The van der Waals surface area contributed by atoms with Crippen LogP contribution in [0.25, 0.3) is 11.3 Å². The summed E-state index contributed by atoms with van der Waals surface area (Å²) in [4.78, 5) is 16.4. The average Bonchev–Trinajstić information content (AvgIpc) is 3.10. The molecule has 0 aliphatic carbocycles. The molecule has 1 atom stereocenters. The summed E-state index contributed by atoms with van der Waals surface area (Å²) >= 11 is 0. The molecule has 0 saturated heterocycles. The highest BCUT2D eigenvalue weighted by Crippen LogP contribution is 2.20. The van der Waals surface area contributed by atoms with Gasteiger partial charge in [0, 0.05) is 18.4 Å². The molecule has 1 heterocycles. The summed E-state index contributed by atoms with van der Waals surface area (Å²) in [6.07, 6.45) is 2.54. The van der Waals surface area contributed by atoms with Crippen LogP contribution >= 0.6 is 0 Å². The van der Waals surface area contributed by atoms with Gasteiger partial charge in [0.15, 0.2) is 11.7 Å². The first-order valence-corrected chi connectivity index (χ1v) is 8.07. The van der Waals surface area contributed by atoms with Crippen LogP contribution in [0.3, 0.4) is 0 Å². The minimum absolute atomic E-state index is 0.00851. The van der Waals surface area contributed by atoms with E-state index in [2.05, 4.69) is 10.3 Å². The Morgan fingerprint density at radius 1 is 1.08 bits per heavy atom. The number of nitrogens with one attached hydrogen (secondary N) is 1. The van der Waals surface area contributed by atoms with E-state index >= 15 is 0 Å². The fraction of sp³-hybridized carbons (Fsp3) is 0.200. The number of rotatable bonds is 6. The van der Waals surface area contributed by atoms with Gasteiger partial charge in [-0.3, -0.25) is 4.79 Å². The molecule has 3 rings (SSSR count). The molecule has 0 aliphatic rings. The maximum absolute atomic E-state index is 12.1. The molecule has 4 heteroatoms. The molecule has 1 amide bonds. The number of amides is 1. The molecule has 122 valence electrons. The summed E-state index contributed by atoms with van der Waals surface area (Å²) < 4.78 is 5.72. The van der Waals surface area contributed by atoms with Gasteiger partial charge in [-0.05, 0) is 12.5 Å². The van der Waals surface area contributed by atoms with E-state index in [0.717, 1.165) is 16.9 Å². The SMILES string of the molecule is CC(NC(=O)CCc1ncc(-c2ccccc2)o1)c1ccccc1. The molecule has 0 bridgehead atoms. The van der Waals surface area contributed by atoms with Crippen molar-refractivity contribution in [2.75, 3.05) is 0 Å². The van der Waals surface area contributed by atoms with Crippen molar-refractivity contribution in [2.24, 2.45) is 0 Å². The standard InChI is InChI=1S/C20H20N2O2/c1-15(16-8-4-2-5-9-16)22-19(23)12-13-20-21-14-18(24-20)17-10-6-3-7-11-17/h2-11,14-15H,12-13H2,1H3,(H,22,23). The van der Waals surface area contributed by atoms with Crippen LogP contribution in [0.4, 0.5) is 0 Å². The number of hydrogen-bond donors (Lipinski definition) is 1. The molecule has 1 unspecified atom stereocenters. The summed E-state index contributed by atoms with van der Waals surface area (Å²) in [7, 11) is 0. The topological polar surface area (TPSA) is 55.1 Å². The zero-order chi connectivity index (χ0) is 16.8. The van der Waals surface area contributed by atoms with Crippen molar-refractivity contribution in [3.63, 3.8) is 0 Å². The van der Waals surface area contributed by atoms with E-state index in [9.17, 15) is 4.79 Å². The van der Waals surface area contributed by atoms with E-state index in [-0.39, 0.29) is 11.9 Å². The number of benzene rings is 2. The van der Waals surface area contributed by atoms with Gasteiger partial charge in [-0.25, -0.2) is 4.98 Å². The predicted octanol–water partition coefficient (Wildman–Crippen LogP) is 4.15. The maximum Gasteiger partial charge on any atom is 0.220 e. The van der Waals surface area contributed by atoms with E-state index in [1.165, 1.54) is 0 Å². The van der Waals surface area contributed by atoms with Crippen LogP contribution in [0, 0.1) is 0 Å². The number of carbonyl (C=O) groups excluding carboxylic acids is 1. The summed E-state index contributed by atoms with van der Waals surface area (Å²) in [6.45, 7) is 1.98. The lowest BCUT2D eigenvalue weighted by Crippen LogP contribution is -2.26. The first-order chi connectivity index (χ1) is 11.7. The van der Waals surface area contributed by atoms with E-state index in [1.54, 1.807) is 6.20 Å². The molecule has 2 aromatic carbocycles. The molecule has 1 N–H and O–H groups in total. The molecule has 4 nitrogen and oxygen atoms in total. The molecule has 0 saturated carbocycles.